The molecule has 270 valence electrons. The number of carbonyl (C=O) groups is 1. The van der Waals surface area contributed by atoms with Crippen molar-refractivity contribution in [2.45, 2.75) is 121 Å². The Balaban J connectivity index is 1.42. The van der Waals surface area contributed by atoms with E-state index in [0.717, 1.165) is 44.3 Å². The van der Waals surface area contributed by atoms with E-state index in [2.05, 4.69) is 25.7 Å². The predicted octanol–water partition coefficient (Wildman–Crippen LogP) is 10.9. The van der Waals surface area contributed by atoms with E-state index in [9.17, 15) is 19.1 Å². The van der Waals surface area contributed by atoms with E-state index < -0.39 is 22.0 Å². The topological polar surface area (TPSA) is 105 Å². The molecule has 0 aliphatic rings. The van der Waals surface area contributed by atoms with Gasteiger partial charge in [-0.25, -0.2) is 9.00 Å². The quantitative estimate of drug-likeness (QED) is 0.0228. The second kappa shape index (κ2) is 24.2. The number of nitrogens with zero attached hydrogens (tertiary/aromatic N) is 1. The Morgan fingerprint density at radius 2 is 1.16 bits per heavy atom. The number of benzene rings is 3. The molecule has 0 spiro atoms. The SMILES string of the molecule is CCCCCCCCCCCCOc1ccc(C(=O)Oc2ccc(C#Cc3ccc(S(=O)OCCCCCCCC)c([N+](=O)[O-])c3)cc2)cc1. The largest absolute Gasteiger partial charge is 0.494 e. The number of carbonyl (C=O) groups excluding carboxylic acids is 1. The fourth-order valence-electron chi connectivity index (χ4n) is 5.34. The van der Waals surface area contributed by atoms with Crippen LogP contribution in [0.4, 0.5) is 5.69 Å². The second-order valence-electron chi connectivity index (χ2n) is 12.5. The van der Waals surface area contributed by atoms with E-state index in [1.54, 1.807) is 54.6 Å². The molecule has 0 fully saturated rings. The number of ether oxygens (including phenoxy) is 2. The lowest BCUT2D eigenvalue weighted by atomic mass is 10.1. The number of rotatable bonds is 24. The van der Waals surface area contributed by atoms with Gasteiger partial charge in [-0.1, -0.05) is 116 Å². The minimum absolute atomic E-state index is 0.0178. The van der Waals surface area contributed by atoms with E-state index in [0.29, 0.717) is 29.0 Å². The maximum atomic E-state index is 12.7. The highest BCUT2D eigenvalue weighted by molar-refractivity contribution is 7.80. The third-order valence-corrected chi connectivity index (χ3v) is 9.38. The minimum atomic E-state index is -1.94. The lowest BCUT2D eigenvalue weighted by molar-refractivity contribution is -0.387. The minimum Gasteiger partial charge on any atom is -0.494 e. The van der Waals surface area contributed by atoms with Crippen LogP contribution in [0.2, 0.25) is 0 Å². The molecule has 0 heterocycles. The van der Waals surface area contributed by atoms with Gasteiger partial charge in [-0.05, 0) is 73.5 Å². The van der Waals surface area contributed by atoms with Crippen LogP contribution in [0.15, 0.2) is 71.6 Å². The van der Waals surface area contributed by atoms with Gasteiger partial charge in [0.25, 0.3) is 5.69 Å². The molecule has 0 aliphatic heterocycles. The number of unbranched alkanes of at least 4 members (excludes halogenated alkanes) is 14. The van der Waals surface area contributed by atoms with Crippen LogP contribution >= 0.6 is 0 Å². The maximum absolute atomic E-state index is 12.7. The average Bonchev–Trinajstić information content (AvgIpc) is 3.13. The summed E-state index contributed by atoms with van der Waals surface area (Å²) in [5, 5.41) is 11.7. The first-order valence-electron chi connectivity index (χ1n) is 18.3. The summed E-state index contributed by atoms with van der Waals surface area (Å²) in [5.41, 5.74) is 1.15. The first-order valence-corrected chi connectivity index (χ1v) is 19.4. The van der Waals surface area contributed by atoms with Crippen molar-refractivity contribution in [3.05, 3.63) is 93.5 Å². The Kier molecular flexibility index (Phi) is 19.6. The second-order valence-corrected chi connectivity index (χ2v) is 13.6. The lowest BCUT2D eigenvalue weighted by Crippen LogP contribution is -2.08. The number of esters is 1. The molecule has 1 atom stereocenters. The van der Waals surface area contributed by atoms with Gasteiger partial charge in [0.05, 0.1) is 23.7 Å². The molecule has 0 amide bonds. The Bertz CT molecular complexity index is 1530. The standard InChI is InChI=1S/C41H53NO7S/c1-3-5-7-9-11-12-13-14-15-17-31-47-37-28-24-36(25-29-37)41(43)49-38-26-21-34(22-27-38)19-20-35-23-30-40(39(33-35)42(44)45)50(46)48-32-18-16-10-8-6-4-2/h21-30,33H,3-18,31-32H2,1-2H3. The van der Waals surface area contributed by atoms with E-state index in [-0.39, 0.29) is 17.2 Å². The fraction of sp³-hybridized carbons (Fsp3) is 0.488. The smallest absolute Gasteiger partial charge is 0.343 e. The van der Waals surface area contributed by atoms with Crippen LogP contribution in [0, 0.1) is 22.0 Å². The molecule has 0 bridgehead atoms. The van der Waals surface area contributed by atoms with Crippen molar-refractivity contribution in [2.75, 3.05) is 13.2 Å². The van der Waals surface area contributed by atoms with Crippen molar-refractivity contribution < 1.29 is 27.6 Å². The van der Waals surface area contributed by atoms with Crippen LogP contribution in [0.3, 0.4) is 0 Å². The van der Waals surface area contributed by atoms with Gasteiger partial charge in [0.2, 0.25) is 0 Å². The van der Waals surface area contributed by atoms with Crippen molar-refractivity contribution in [2.24, 2.45) is 0 Å². The summed E-state index contributed by atoms with van der Waals surface area (Å²) < 4.78 is 29.4. The molecule has 0 saturated heterocycles. The van der Waals surface area contributed by atoms with Crippen molar-refractivity contribution in [3.63, 3.8) is 0 Å². The molecule has 3 rings (SSSR count). The third kappa shape index (κ3) is 15.7. The zero-order valence-corrected chi connectivity index (χ0v) is 30.6. The van der Waals surface area contributed by atoms with Gasteiger partial charge >= 0.3 is 5.97 Å². The summed E-state index contributed by atoms with van der Waals surface area (Å²) >= 11 is -1.94. The zero-order chi connectivity index (χ0) is 35.8. The van der Waals surface area contributed by atoms with Crippen LogP contribution in [-0.2, 0) is 15.3 Å². The van der Waals surface area contributed by atoms with Crippen LogP contribution < -0.4 is 9.47 Å². The molecule has 0 aliphatic carbocycles. The number of hydrogen-bond donors (Lipinski definition) is 0. The van der Waals surface area contributed by atoms with Crippen LogP contribution in [0.5, 0.6) is 11.5 Å². The van der Waals surface area contributed by atoms with Gasteiger partial charge in [0, 0.05) is 17.2 Å². The van der Waals surface area contributed by atoms with Crippen molar-refractivity contribution in [3.8, 4) is 23.3 Å². The zero-order valence-electron chi connectivity index (χ0n) is 29.8. The molecule has 50 heavy (non-hydrogen) atoms. The van der Waals surface area contributed by atoms with Gasteiger partial charge in [0.1, 0.15) is 16.4 Å². The van der Waals surface area contributed by atoms with Crippen LogP contribution in [0.1, 0.15) is 138 Å². The first kappa shape index (κ1) is 40.4. The van der Waals surface area contributed by atoms with Gasteiger partial charge < -0.3 is 9.47 Å². The molecule has 0 aromatic heterocycles. The Hall–Kier alpha value is -4.00. The highest BCUT2D eigenvalue weighted by atomic mass is 32.2. The molecule has 0 radical (unpaired) electrons. The number of nitro benzene ring substituents is 1. The number of hydrogen-bond acceptors (Lipinski definition) is 7. The summed E-state index contributed by atoms with van der Waals surface area (Å²) in [6.45, 7) is 5.34. The monoisotopic (exact) mass is 703 g/mol. The molecule has 1 unspecified atom stereocenters. The highest BCUT2D eigenvalue weighted by Crippen LogP contribution is 2.25. The molecular weight excluding hydrogens is 651 g/mol. The van der Waals surface area contributed by atoms with Gasteiger partial charge in [-0.2, -0.15) is 0 Å². The first-order chi connectivity index (χ1) is 24.4. The Morgan fingerprint density at radius 1 is 0.660 bits per heavy atom. The van der Waals surface area contributed by atoms with Crippen LogP contribution in [0.25, 0.3) is 0 Å². The van der Waals surface area contributed by atoms with Crippen LogP contribution in [-0.4, -0.2) is 28.3 Å². The predicted molar refractivity (Wildman–Crippen MR) is 200 cm³/mol. The molecular formula is C41H53NO7S. The van der Waals surface area contributed by atoms with Crippen molar-refractivity contribution in [1.82, 2.24) is 0 Å². The lowest BCUT2D eigenvalue weighted by Gasteiger charge is -2.08. The summed E-state index contributed by atoms with van der Waals surface area (Å²) in [7, 11) is 0. The average molecular weight is 704 g/mol. The van der Waals surface area contributed by atoms with E-state index in [1.807, 2.05) is 0 Å². The molecule has 0 N–H and O–H groups in total. The van der Waals surface area contributed by atoms with Gasteiger partial charge in [0.15, 0.2) is 11.1 Å². The van der Waals surface area contributed by atoms with E-state index in [4.69, 9.17) is 13.7 Å². The Morgan fingerprint density at radius 3 is 1.74 bits per heavy atom. The molecule has 9 heteroatoms. The fourth-order valence-corrected chi connectivity index (χ4v) is 6.22. The molecule has 8 nitrogen and oxygen atoms in total. The van der Waals surface area contributed by atoms with Gasteiger partial charge in [-0.15, -0.1) is 0 Å². The summed E-state index contributed by atoms with van der Waals surface area (Å²) in [6, 6.07) is 18.0. The van der Waals surface area contributed by atoms with Crippen molar-refractivity contribution in [1.29, 1.82) is 0 Å². The third-order valence-electron chi connectivity index (χ3n) is 8.30. The summed E-state index contributed by atoms with van der Waals surface area (Å²) in [4.78, 5) is 23.8. The van der Waals surface area contributed by atoms with E-state index in [1.165, 1.54) is 76.3 Å². The van der Waals surface area contributed by atoms with Gasteiger partial charge in [-0.3, -0.25) is 14.3 Å². The molecule has 0 saturated carbocycles. The van der Waals surface area contributed by atoms with E-state index >= 15 is 0 Å². The number of nitro groups is 1. The molecule has 3 aromatic rings. The summed E-state index contributed by atoms with van der Waals surface area (Å²) in [5.74, 6) is 6.49. The van der Waals surface area contributed by atoms with Crippen molar-refractivity contribution >= 4 is 22.7 Å². The highest BCUT2D eigenvalue weighted by Gasteiger charge is 2.20. The summed E-state index contributed by atoms with van der Waals surface area (Å²) in [6.07, 6.45) is 19.1. The normalized spacial score (nSPS) is 11.4. The molecule has 3 aromatic carbocycles. The Labute approximate surface area is 301 Å². The maximum Gasteiger partial charge on any atom is 0.343 e.